The molecule has 3 amide bonds. The number of esters is 1. The number of unbranched alkanes of at least 4 members (excludes halogenated alkanes) is 2. The molecule has 3 aliphatic rings. The Labute approximate surface area is 238 Å². The largest absolute Gasteiger partial charge is 0.460 e. The molecule has 10 nitrogen and oxygen atoms in total. The van der Waals surface area contributed by atoms with Gasteiger partial charge in [-0.2, -0.15) is 0 Å². The van der Waals surface area contributed by atoms with Crippen LogP contribution in [0.15, 0.2) is 25.3 Å². The summed E-state index contributed by atoms with van der Waals surface area (Å²) in [4.78, 5) is 56.9. The summed E-state index contributed by atoms with van der Waals surface area (Å²) in [5.74, 6) is -3.03. The van der Waals surface area contributed by atoms with E-state index in [0.29, 0.717) is 45.2 Å². The predicted octanol–water partition coefficient (Wildman–Crippen LogP) is 2.35. The quantitative estimate of drug-likeness (QED) is 0.159. The van der Waals surface area contributed by atoms with Crippen LogP contribution in [0.5, 0.6) is 0 Å². The number of likely N-dealkylation sites (tertiary alicyclic amines) is 1. The number of fused-ring (bicyclic) bond motifs is 1. The van der Waals surface area contributed by atoms with Crippen molar-refractivity contribution >= 4 is 23.7 Å². The van der Waals surface area contributed by atoms with Gasteiger partial charge in [0.15, 0.2) is 0 Å². The minimum Gasteiger partial charge on any atom is -0.460 e. The second-order valence-corrected chi connectivity index (χ2v) is 11.2. The average Bonchev–Trinajstić information content (AvgIpc) is 3.58. The number of aliphatic hydroxyl groups is 1. The molecule has 0 aromatic heterocycles. The van der Waals surface area contributed by atoms with Gasteiger partial charge in [-0.3, -0.25) is 19.2 Å². The molecule has 3 aliphatic heterocycles. The van der Waals surface area contributed by atoms with E-state index in [2.05, 4.69) is 25.4 Å². The zero-order valence-corrected chi connectivity index (χ0v) is 24.3. The Kier molecular flexibility index (Phi) is 11.3. The van der Waals surface area contributed by atoms with Crippen LogP contribution in [0.4, 0.5) is 0 Å². The van der Waals surface area contributed by atoms with E-state index in [1.54, 1.807) is 24.0 Å². The molecule has 0 radical (unpaired) electrons. The third-order valence-electron chi connectivity index (χ3n) is 8.49. The summed E-state index contributed by atoms with van der Waals surface area (Å²) in [7, 11) is 0. The molecule has 3 rings (SSSR count). The normalized spacial score (nSPS) is 28.1. The maximum atomic E-state index is 14.2. The van der Waals surface area contributed by atoms with Gasteiger partial charge >= 0.3 is 5.97 Å². The molecule has 0 saturated carbocycles. The van der Waals surface area contributed by atoms with Gasteiger partial charge < -0.3 is 29.7 Å². The van der Waals surface area contributed by atoms with Crippen molar-refractivity contribution in [2.75, 3.05) is 26.2 Å². The van der Waals surface area contributed by atoms with Gasteiger partial charge in [-0.15, -0.1) is 13.2 Å². The predicted molar refractivity (Wildman–Crippen MR) is 150 cm³/mol. The van der Waals surface area contributed by atoms with Crippen LogP contribution in [0.2, 0.25) is 0 Å². The van der Waals surface area contributed by atoms with Crippen molar-refractivity contribution < 1.29 is 33.8 Å². The molecule has 0 aromatic rings. The number of amides is 3. The molecular formula is C30H47N3O7. The number of allylic oxidation sites excluding steroid dienone is 1. The fourth-order valence-electron chi connectivity index (χ4n) is 6.52. The van der Waals surface area contributed by atoms with E-state index in [0.717, 1.165) is 19.3 Å². The minimum absolute atomic E-state index is 0.146. The summed E-state index contributed by atoms with van der Waals surface area (Å²) in [5.41, 5.74) is -1.16. The Balaban J connectivity index is 1.86. The van der Waals surface area contributed by atoms with Crippen molar-refractivity contribution in [3.05, 3.63) is 25.3 Å². The Bertz CT molecular complexity index is 952. The molecule has 40 heavy (non-hydrogen) atoms. The fraction of sp³-hybridized carbons (Fsp3) is 0.733. The first kappa shape index (κ1) is 31.8. The van der Waals surface area contributed by atoms with Gasteiger partial charge in [0, 0.05) is 19.5 Å². The second-order valence-electron chi connectivity index (χ2n) is 11.2. The van der Waals surface area contributed by atoms with Crippen molar-refractivity contribution in [1.29, 1.82) is 0 Å². The molecule has 2 N–H and O–H groups in total. The lowest BCUT2D eigenvalue weighted by atomic mass is 9.70. The van der Waals surface area contributed by atoms with E-state index >= 15 is 0 Å². The molecule has 3 fully saturated rings. The number of nitrogens with one attached hydrogen (secondary N) is 1. The molecular weight excluding hydrogens is 514 g/mol. The van der Waals surface area contributed by atoms with Crippen LogP contribution in [0.25, 0.3) is 0 Å². The highest BCUT2D eigenvalue weighted by Gasteiger charge is 2.75. The molecule has 7 atom stereocenters. The number of carbonyl (C=O) groups is 4. The lowest BCUT2D eigenvalue weighted by Gasteiger charge is -2.39. The highest BCUT2D eigenvalue weighted by Crippen LogP contribution is 2.59. The van der Waals surface area contributed by atoms with Crippen LogP contribution >= 0.6 is 0 Å². The van der Waals surface area contributed by atoms with E-state index < -0.39 is 47.7 Å². The van der Waals surface area contributed by atoms with Crippen molar-refractivity contribution in [1.82, 2.24) is 15.1 Å². The smallest absolute Gasteiger partial charge is 0.312 e. The third kappa shape index (κ3) is 6.28. The maximum absolute atomic E-state index is 14.2. The van der Waals surface area contributed by atoms with Crippen LogP contribution < -0.4 is 5.32 Å². The fourth-order valence-corrected chi connectivity index (χ4v) is 6.52. The molecule has 1 spiro atoms. The van der Waals surface area contributed by atoms with Crippen LogP contribution in [-0.4, -0.2) is 94.7 Å². The van der Waals surface area contributed by atoms with E-state index in [4.69, 9.17) is 9.47 Å². The van der Waals surface area contributed by atoms with Gasteiger partial charge in [0.25, 0.3) is 0 Å². The van der Waals surface area contributed by atoms with Crippen molar-refractivity contribution in [2.24, 2.45) is 11.8 Å². The summed E-state index contributed by atoms with van der Waals surface area (Å²) < 4.78 is 12.2. The molecule has 0 aromatic carbocycles. The van der Waals surface area contributed by atoms with E-state index in [1.165, 1.54) is 4.90 Å². The van der Waals surface area contributed by atoms with Gasteiger partial charge in [-0.25, -0.2) is 0 Å². The second kappa shape index (κ2) is 14.3. The number of hydrogen-bond donors (Lipinski definition) is 2. The Morgan fingerprint density at radius 1 is 1.27 bits per heavy atom. The molecule has 0 unspecified atom stereocenters. The van der Waals surface area contributed by atoms with E-state index in [1.807, 2.05) is 6.92 Å². The van der Waals surface area contributed by atoms with E-state index in [-0.39, 0.29) is 30.9 Å². The maximum Gasteiger partial charge on any atom is 0.312 e. The van der Waals surface area contributed by atoms with Gasteiger partial charge in [-0.1, -0.05) is 38.8 Å². The minimum atomic E-state index is -1.16. The number of hydrogen-bond acceptors (Lipinski definition) is 7. The molecule has 3 saturated heterocycles. The van der Waals surface area contributed by atoms with Crippen LogP contribution in [0.1, 0.15) is 72.1 Å². The number of nitrogens with zero attached hydrogens (tertiary/aromatic N) is 2. The first-order valence-corrected chi connectivity index (χ1v) is 14.8. The lowest BCUT2D eigenvalue weighted by molar-refractivity contribution is -0.160. The molecule has 2 bridgehead atoms. The van der Waals surface area contributed by atoms with Crippen LogP contribution in [0.3, 0.4) is 0 Å². The van der Waals surface area contributed by atoms with Crippen molar-refractivity contribution in [2.45, 2.75) is 102 Å². The van der Waals surface area contributed by atoms with Gasteiger partial charge in [0.2, 0.25) is 17.7 Å². The highest BCUT2D eigenvalue weighted by molar-refractivity contribution is 5.98. The SMILES string of the molecule is C=CCCC(=O)NC[C@H](C)OC(=O)[C@@H]1[C@H]2C(=O)N([C@@H](CC)CO)[C@H](C(=O)N(CC=C)CCCCC)[C@]23CC[C@H]1O3. The summed E-state index contributed by atoms with van der Waals surface area (Å²) in [6, 6.07) is -1.51. The number of rotatable bonds is 17. The number of aliphatic hydroxyl groups excluding tert-OH is 1. The topological polar surface area (TPSA) is 125 Å². The van der Waals surface area contributed by atoms with Crippen molar-refractivity contribution in [3.63, 3.8) is 0 Å². The van der Waals surface area contributed by atoms with Gasteiger partial charge in [0.1, 0.15) is 17.7 Å². The Morgan fingerprint density at radius 2 is 2.02 bits per heavy atom. The first-order chi connectivity index (χ1) is 19.2. The monoisotopic (exact) mass is 561 g/mol. The first-order valence-electron chi connectivity index (χ1n) is 14.8. The Morgan fingerprint density at radius 3 is 2.65 bits per heavy atom. The molecule has 3 heterocycles. The van der Waals surface area contributed by atoms with Crippen LogP contribution in [0, 0.1) is 11.8 Å². The van der Waals surface area contributed by atoms with Crippen LogP contribution in [-0.2, 0) is 28.7 Å². The third-order valence-corrected chi connectivity index (χ3v) is 8.49. The average molecular weight is 562 g/mol. The standard InChI is InChI=1S/C30H47N3O7/c1-6-10-12-17-32(16-8-3)28(37)26-30-15-14-22(40-30)24(25(30)27(36)33(26)21(9-4)19-34)29(38)39-20(5)18-31-23(35)13-11-7-2/h7-8,20-22,24-26,34H,2-3,6,9-19H2,1,4-5H3,(H,31,35)/t20-,21-,22+,24-,25-,26+,30-/m0/s1. The molecule has 224 valence electrons. The lowest BCUT2D eigenvalue weighted by Crippen LogP contribution is -2.58. The summed E-state index contributed by atoms with van der Waals surface area (Å²) in [6.07, 6.45) is 7.30. The zero-order chi connectivity index (χ0) is 29.4. The molecule has 0 aliphatic carbocycles. The van der Waals surface area contributed by atoms with Gasteiger partial charge in [0.05, 0.1) is 37.1 Å². The number of ether oxygens (including phenoxy) is 2. The Hall–Kier alpha value is -2.72. The van der Waals surface area contributed by atoms with Crippen molar-refractivity contribution in [3.8, 4) is 0 Å². The summed E-state index contributed by atoms with van der Waals surface area (Å²) in [6.45, 7) is 13.8. The molecule has 10 heteroatoms. The van der Waals surface area contributed by atoms with E-state index in [9.17, 15) is 24.3 Å². The summed E-state index contributed by atoms with van der Waals surface area (Å²) in [5, 5.41) is 12.9. The van der Waals surface area contributed by atoms with Gasteiger partial charge in [-0.05, 0) is 39.0 Å². The zero-order valence-electron chi connectivity index (χ0n) is 24.3. The number of carbonyl (C=O) groups excluding carboxylic acids is 4. The highest BCUT2D eigenvalue weighted by atomic mass is 16.6. The summed E-state index contributed by atoms with van der Waals surface area (Å²) >= 11 is 0.